The first-order valence-corrected chi connectivity index (χ1v) is 4.22. The van der Waals surface area contributed by atoms with Crippen LogP contribution in [0.15, 0.2) is 29.1 Å². The van der Waals surface area contributed by atoms with E-state index >= 15 is 0 Å². The van der Waals surface area contributed by atoms with Crippen molar-refractivity contribution in [3.8, 4) is 0 Å². The van der Waals surface area contributed by atoms with E-state index in [-0.39, 0.29) is 0 Å². The molecule has 0 radical (unpaired) electrons. The normalized spacial score (nSPS) is 10.7. The van der Waals surface area contributed by atoms with Crippen LogP contribution in [-0.4, -0.2) is 9.38 Å². The SMILES string of the molecule is Clc1cc(Br)c2cnccn12. The molecule has 0 atom stereocenters. The zero-order chi connectivity index (χ0) is 7.84. The molecule has 0 aliphatic rings. The van der Waals surface area contributed by atoms with E-state index in [2.05, 4.69) is 20.9 Å². The second-order valence-corrected chi connectivity index (χ2v) is 3.39. The van der Waals surface area contributed by atoms with E-state index in [1.165, 1.54) is 0 Å². The van der Waals surface area contributed by atoms with E-state index in [4.69, 9.17) is 11.6 Å². The highest BCUT2D eigenvalue weighted by molar-refractivity contribution is 9.10. The van der Waals surface area contributed by atoms with E-state index in [0.29, 0.717) is 5.15 Å². The highest BCUT2D eigenvalue weighted by Crippen LogP contribution is 2.24. The number of hydrogen-bond donors (Lipinski definition) is 0. The molecule has 0 spiro atoms. The quantitative estimate of drug-likeness (QED) is 0.681. The van der Waals surface area contributed by atoms with Gasteiger partial charge in [-0.15, -0.1) is 0 Å². The maximum Gasteiger partial charge on any atom is 0.114 e. The van der Waals surface area contributed by atoms with E-state index in [1.54, 1.807) is 12.4 Å². The van der Waals surface area contributed by atoms with Crippen molar-refractivity contribution in [1.29, 1.82) is 0 Å². The average molecular weight is 231 g/mol. The molecule has 2 rings (SSSR count). The highest BCUT2D eigenvalue weighted by atomic mass is 79.9. The number of nitrogens with zero attached hydrogens (tertiary/aromatic N) is 2. The molecule has 0 aliphatic carbocycles. The summed E-state index contributed by atoms with van der Waals surface area (Å²) in [6, 6.07) is 1.85. The van der Waals surface area contributed by atoms with Crippen molar-refractivity contribution in [2.24, 2.45) is 0 Å². The molecule has 0 unspecified atom stereocenters. The van der Waals surface area contributed by atoms with Gasteiger partial charge < -0.3 is 4.40 Å². The van der Waals surface area contributed by atoms with E-state index in [9.17, 15) is 0 Å². The number of aromatic nitrogens is 2. The summed E-state index contributed by atoms with van der Waals surface area (Å²) in [4.78, 5) is 3.98. The minimum Gasteiger partial charge on any atom is -0.303 e. The van der Waals surface area contributed by atoms with Crippen LogP contribution in [-0.2, 0) is 0 Å². The van der Waals surface area contributed by atoms with Crippen molar-refractivity contribution in [3.63, 3.8) is 0 Å². The number of hydrogen-bond acceptors (Lipinski definition) is 1. The van der Waals surface area contributed by atoms with Crippen molar-refractivity contribution in [2.75, 3.05) is 0 Å². The van der Waals surface area contributed by atoms with Gasteiger partial charge in [-0.3, -0.25) is 4.98 Å². The van der Waals surface area contributed by atoms with Gasteiger partial charge in [-0.2, -0.15) is 0 Å². The van der Waals surface area contributed by atoms with Crippen molar-refractivity contribution < 1.29 is 0 Å². The molecule has 0 amide bonds. The van der Waals surface area contributed by atoms with E-state index < -0.39 is 0 Å². The Morgan fingerprint density at radius 3 is 3.09 bits per heavy atom. The lowest BCUT2D eigenvalue weighted by atomic mass is 10.5. The van der Waals surface area contributed by atoms with Crippen LogP contribution in [0.5, 0.6) is 0 Å². The molecule has 2 nitrogen and oxygen atoms in total. The Morgan fingerprint density at radius 1 is 1.55 bits per heavy atom. The second kappa shape index (κ2) is 2.50. The molecular weight excluding hydrogens is 227 g/mol. The molecule has 0 saturated heterocycles. The van der Waals surface area contributed by atoms with E-state index in [0.717, 1.165) is 9.99 Å². The Kier molecular flexibility index (Phi) is 1.62. The molecule has 0 bridgehead atoms. The third kappa shape index (κ3) is 1.04. The fraction of sp³-hybridized carbons (Fsp3) is 0. The van der Waals surface area contributed by atoms with E-state index in [1.807, 2.05) is 16.7 Å². The maximum atomic E-state index is 5.88. The van der Waals surface area contributed by atoms with Crippen molar-refractivity contribution in [2.45, 2.75) is 0 Å². The lowest BCUT2D eigenvalue weighted by Gasteiger charge is -1.92. The summed E-state index contributed by atoms with van der Waals surface area (Å²) in [6.45, 7) is 0. The molecular formula is C7H4BrClN2. The van der Waals surface area contributed by atoms with Gasteiger partial charge in [0.05, 0.1) is 11.7 Å². The van der Waals surface area contributed by atoms with Crippen LogP contribution in [0.4, 0.5) is 0 Å². The summed E-state index contributed by atoms with van der Waals surface area (Å²) in [5.74, 6) is 0. The molecule has 2 aromatic heterocycles. The Hall–Kier alpha value is -0.540. The maximum absolute atomic E-state index is 5.88. The van der Waals surface area contributed by atoms with Gasteiger partial charge in [-0.25, -0.2) is 0 Å². The van der Waals surface area contributed by atoms with Gasteiger partial charge in [-0.1, -0.05) is 11.6 Å². The largest absolute Gasteiger partial charge is 0.303 e. The highest BCUT2D eigenvalue weighted by Gasteiger charge is 2.02. The van der Waals surface area contributed by atoms with Gasteiger partial charge in [0, 0.05) is 16.9 Å². The third-order valence-corrected chi connectivity index (χ3v) is 2.41. The summed E-state index contributed by atoms with van der Waals surface area (Å²) < 4.78 is 2.83. The van der Waals surface area contributed by atoms with Crippen LogP contribution in [0.3, 0.4) is 0 Å². The van der Waals surface area contributed by atoms with Gasteiger partial charge in [0.15, 0.2) is 0 Å². The topological polar surface area (TPSA) is 17.3 Å². The summed E-state index contributed by atoms with van der Waals surface area (Å²) in [6.07, 6.45) is 5.28. The van der Waals surface area contributed by atoms with Gasteiger partial charge in [-0.05, 0) is 22.0 Å². The molecule has 11 heavy (non-hydrogen) atoms. The lowest BCUT2D eigenvalue weighted by Crippen LogP contribution is -1.82. The van der Waals surface area contributed by atoms with Crippen molar-refractivity contribution >= 4 is 33.0 Å². The Morgan fingerprint density at radius 2 is 2.36 bits per heavy atom. The van der Waals surface area contributed by atoms with Crippen LogP contribution in [0.1, 0.15) is 0 Å². The third-order valence-electron chi connectivity index (χ3n) is 1.48. The molecule has 0 fully saturated rings. The first kappa shape index (κ1) is 7.13. The van der Waals surface area contributed by atoms with Crippen LogP contribution in [0, 0.1) is 0 Å². The first-order valence-electron chi connectivity index (χ1n) is 3.05. The summed E-state index contributed by atoms with van der Waals surface area (Å²) in [7, 11) is 0. The predicted molar refractivity (Wildman–Crippen MR) is 47.9 cm³/mol. The van der Waals surface area contributed by atoms with Crippen molar-refractivity contribution in [1.82, 2.24) is 9.38 Å². The predicted octanol–water partition coefficient (Wildman–Crippen LogP) is 2.75. The molecule has 4 heteroatoms. The lowest BCUT2D eigenvalue weighted by molar-refractivity contribution is 1.14. The minimum atomic E-state index is 0.689. The standard InChI is InChI=1S/C7H4BrClN2/c8-5-3-7(9)11-2-1-10-4-6(5)11/h1-4H. The van der Waals surface area contributed by atoms with Gasteiger partial charge in [0.2, 0.25) is 0 Å². The molecule has 0 N–H and O–H groups in total. The number of fused-ring (bicyclic) bond motifs is 1. The summed E-state index contributed by atoms with van der Waals surface area (Å²) in [5.41, 5.74) is 0.984. The minimum absolute atomic E-state index is 0.689. The van der Waals surface area contributed by atoms with Gasteiger partial charge in [0.1, 0.15) is 5.15 Å². The smallest absolute Gasteiger partial charge is 0.114 e. The fourth-order valence-corrected chi connectivity index (χ4v) is 1.87. The monoisotopic (exact) mass is 230 g/mol. The second-order valence-electron chi connectivity index (χ2n) is 2.15. The molecule has 56 valence electrons. The van der Waals surface area contributed by atoms with Crippen LogP contribution in [0.25, 0.3) is 5.52 Å². The summed E-state index contributed by atoms with van der Waals surface area (Å²) in [5, 5.41) is 0.689. The Bertz CT molecular complexity index is 360. The van der Waals surface area contributed by atoms with Crippen LogP contribution in [0.2, 0.25) is 5.15 Å². The first-order chi connectivity index (χ1) is 5.29. The number of halogens is 2. The molecule has 0 aromatic carbocycles. The zero-order valence-corrected chi connectivity index (χ0v) is 7.80. The average Bonchev–Trinajstić information content (AvgIpc) is 2.30. The molecule has 2 aromatic rings. The van der Waals surface area contributed by atoms with Crippen LogP contribution < -0.4 is 0 Å². The molecule has 2 heterocycles. The summed E-state index contributed by atoms with van der Waals surface area (Å²) >= 11 is 9.26. The Balaban J connectivity index is 2.95. The van der Waals surface area contributed by atoms with Gasteiger partial charge >= 0.3 is 0 Å². The molecule has 0 saturated carbocycles. The van der Waals surface area contributed by atoms with Gasteiger partial charge in [0.25, 0.3) is 0 Å². The fourth-order valence-electron chi connectivity index (χ4n) is 0.972. The Labute approximate surface area is 76.9 Å². The zero-order valence-electron chi connectivity index (χ0n) is 5.46. The molecule has 0 aliphatic heterocycles. The number of rotatable bonds is 0. The van der Waals surface area contributed by atoms with Crippen LogP contribution >= 0.6 is 27.5 Å². The van der Waals surface area contributed by atoms with Crippen molar-refractivity contribution in [3.05, 3.63) is 34.3 Å².